The molecular weight excluding hydrogens is 355 g/mol. The highest BCUT2D eigenvalue weighted by Gasteiger charge is 2.23. The lowest BCUT2D eigenvalue weighted by molar-refractivity contribution is -0.385. The summed E-state index contributed by atoms with van der Waals surface area (Å²) in [5.74, 6) is -1.08. The molecule has 0 unspecified atom stereocenters. The molecule has 2 N–H and O–H groups in total. The Labute approximate surface area is 153 Å². The van der Waals surface area contributed by atoms with E-state index >= 15 is 0 Å². The second-order valence-corrected chi connectivity index (χ2v) is 5.81. The number of phenols is 1. The van der Waals surface area contributed by atoms with E-state index in [1.54, 1.807) is 24.0 Å². The summed E-state index contributed by atoms with van der Waals surface area (Å²) in [5.41, 5.74) is 0.148. The zero-order chi connectivity index (χ0) is 19.6. The number of aromatic nitrogens is 2. The van der Waals surface area contributed by atoms with Crippen molar-refractivity contribution in [3.8, 4) is 5.75 Å². The van der Waals surface area contributed by atoms with E-state index in [9.17, 15) is 24.4 Å². The van der Waals surface area contributed by atoms with Gasteiger partial charge in [-0.2, -0.15) is 0 Å². The molecule has 0 aliphatic heterocycles. The highest BCUT2D eigenvalue weighted by molar-refractivity contribution is 5.95. The number of nitrogens with zero attached hydrogens (tertiary/aromatic N) is 3. The van der Waals surface area contributed by atoms with Crippen molar-refractivity contribution in [3.05, 3.63) is 87.7 Å². The number of nitrogens with one attached hydrogen (secondary N) is 1. The number of carbonyl (C=O) groups is 1. The maximum atomic E-state index is 13.3. The first kappa shape index (κ1) is 18.1. The monoisotopic (exact) mass is 370 g/mol. The zero-order valence-corrected chi connectivity index (χ0v) is 14.2. The minimum absolute atomic E-state index is 0.0411. The topological polar surface area (TPSA) is 110 Å². The molecule has 0 spiro atoms. The summed E-state index contributed by atoms with van der Waals surface area (Å²) in [6, 6.07) is 8.24. The molecule has 3 rings (SSSR count). The van der Waals surface area contributed by atoms with Crippen LogP contribution in [-0.2, 0) is 7.05 Å². The Morgan fingerprint density at radius 1 is 1.30 bits per heavy atom. The molecule has 1 heterocycles. The third kappa shape index (κ3) is 3.76. The third-order valence-electron chi connectivity index (χ3n) is 4.03. The summed E-state index contributed by atoms with van der Waals surface area (Å²) in [6.45, 7) is 0. The van der Waals surface area contributed by atoms with E-state index in [1.165, 1.54) is 30.3 Å². The molecule has 8 nitrogen and oxygen atoms in total. The van der Waals surface area contributed by atoms with Crippen molar-refractivity contribution in [1.29, 1.82) is 0 Å². The first-order valence-electron chi connectivity index (χ1n) is 7.88. The Balaban J connectivity index is 1.93. The molecular formula is C18H15FN4O4. The lowest BCUT2D eigenvalue weighted by atomic mass is 10.0. The number of hydrogen-bond donors (Lipinski definition) is 2. The van der Waals surface area contributed by atoms with E-state index in [0.717, 1.165) is 12.1 Å². The highest BCUT2D eigenvalue weighted by atomic mass is 19.1. The average molecular weight is 370 g/mol. The summed E-state index contributed by atoms with van der Waals surface area (Å²) in [6.07, 6.45) is 3.27. The van der Waals surface area contributed by atoms with Crippen molar-refractivity contribution in [1.82, 2.24) is 14.9 Å². The molecule has 0 fully saturated rings. The van der Waals surface area contributed by atoms with Crippen molar-refractivity contribution < 1.29 is 19.2 Å². The molecule has 1 aromatic heterocycles. The summed E-state index contributed by atoms with van der Waals surface area (Å²) in [7, 11) is 1.75. The van der Waals surface area contributed by atoms with Crippen molar-refractivity contribution in [2.45, 2.75) is 6.04 Å². The van der Waals surface area contributed by atoms with Crippen LogP contribution in [0.3, 0.4) is 0 Å². The predicted octanol–water partition coefficient (Wildman–Crippen LogP) is 2.69. The van der Waals surface area contributed by atoms with Gasteiger partial charge in [-0.25, -0.2) is 9.37 Å². The smallest absolute Gasteiger partial charge is 0.310 e. The van der Waals surface area contributed by atoms with E-state index in [-0.39, 0.29) is 5.56 Å². The van der Waals surface area contributed by atoms with Gasteiger partial charge in [-0.15, -0.1) is 0 Å². The zero-order valence-electron chi connectivity index (χ0n) is 14.2. The fourth-order valence-electron chi connectivity index (χ4n) is 2.64. The molecule has 0 aliphatic carbocycles. The number of imidazole rings is 1. The summed E-state index contributed by atoms with van der Waals surface area (Å²) < 4.78 is 15.0. The predicted molar refractivity (Wildman–Crippen MR) is 93.7 cm³/mol. The number of amides is 1. The minimum atomic E-state index is -0.744. The van der Waals surface area contributed by atoms with Gasteiger partial charge in [-0.1, -0.05) is 12.1 Å². The molecule has 2 aromatic carbocycles. The van der Waals surface area contributed by atoms with Crippen molar-refractivity contribution in [3.63, 3.8) is 0 Å². The first-order valence-corrected chi connectivity index (χ1v) is 7.88. The molecule has 138 valence electrons. The summed E-state index contributed by atoms with van der Waals surface area (Å²) in [4.78, 5) is 26.9. The van der Waals surface area contributed by atoms with Gasteiger partial charge in [0.25, 0.3) is 5.91 Å². The van der Waals surface area contributed by atoms with Gasteiger partial charge in [0.15, 0.2) is 5.75 Å². The number of hydrogen-bond acceptors (Lipinski definition) is 5. The summed E-state index contributed by atoms with van der Waals surface area (Å²) >= 11 is 0. The Kier molecular flexibility index (Phi) is 4.84. The van der Waals surface area contributed by atoms with Gasteiger partial charge in [0.2, 0.25) is 0 Å². The van der Waals surface area contributed by atoms with Crippen LogP contribution in [-0.4, -0.2) is 25.5 Å². The van der Waals surface area contributed by atoms with Crippen LogP contribution in [0.1, 0.15) is 27.8 Å². The van der Waals surface area contributed by atoms with Gasteiger partial charge in [-0.05, 0) is 29.8 Å². The number of aryl methyl sites for hydroxylation is 1. The van der Waals surface area contributed by atoms with Gasteiger partial charge in [0, 0.05) is 31.1 Å². The van der Waals surface area contributed by atoms with Crippen LogP contribution in [0.4, 0.5) is 10.1 Å². The van der Waals surface area contributed by atoms with Gasteiger partial charge in [0.05, 0.1) is 4.92 Å². The highest BCUT2D eigenvalue weighted by Crippen LogP contribution is 2.27. The number of nitro groups is 1. The second-order valence-electron chi connectivity index (χ2n) is 5.81. The van der Waals surface area contributed by atoms with Gasteiger partial charge in [0.1, 0.15) is 17.7 Å². The van der Waals surface area contributed by atoms with Crippen molar-refractivity contribution >= 4 is 11.6 Å². The number of carbonyl (C=O) groups excluding carboxylic acids is 1. The largest absolute Gasteiger partial charge is 0.502 e. The fraction of sp³-hybridized carbons (Fsp3) is 0.111. The van der Waals surface area contributed by atoms with Crippen molar-refractivity contribution in [2.24, 2.45) is 7.05 Å². The standard InChI is InChI=1S/C18H15FN4O4/c1-22-9-8-20-17(22)16(11-2-5-13(19)6-3-11)21-18(25)12-4-7-14(23(26)27)15(24)10-12/h2-10,16,24H,1H3,(H,21,25)/t16-/m0/s1. The number of benzene rings is 2. The summed E-state index contributed by atoms with van der Waals surface area (Å²) in [5, 5.41) is 23.3. The molecule has 9 heteroatoms. The maximum absolute atomic E-state index is 13.3. The SMILES string of the molecule is Cn1ccnc1[C@@H](NC(=O)c1ccc([N+](=O)[O-])c(O)c1)c1ccc(F)cc1. The Bertz CT molecular complexity index is 1000. The Hall–Kier alpha value is -3.75. The maximum Gasteiger partial charge on any atom is 0.310 e. The number of halogens is 1. The molecule has 0 saturated heterocycles. The lowest BCUT2D eigenvalue weighted by Crippen LogP contribution is -2.31. The molecule has 27 heavy (non-hydrogen) atoms. The van der Waals surface area contributed by atoms with Gasteiger partial charge >= 0.3 is 5.69 Å². The molecule has 1 atom stereocenters. The van der Waals surface area contributed by atoms with Crippen LogP contribution < -0.4 is 5.32 Å². The van der Waals surface area contributed by atoms with E-state index < -0.39 is 34.1 Å². The lowest BCUT2D eigenvalue weighted by Gasteiger charge is -2.19. The third-order valence-corrected chi connectivity index (χ3v) is 4.03. The van der Waals surface area contributed by atoms with Crippen LogP contribution in [0, 0.1) is 15.9 Å². The fourth-order valence-corrected chi connectivity index (χ4v) is 2.64. The molecule has 3 aromatic rings. The minimum Gasteiger partial charge on any atom is -0.502 e. The normalized spacial score (nSPS) is 11.8. The number of rotatable bonds is 5. The van der Waals surface area contributed by atoms with Crippen LogP contribution in [0.15, 0.2) is 54.9 Å². The quantitative estimate of drug-likeness (QED) is 0.530. The molecule has 0 bridgehead atoms. The van der Waals surface area contributed by atoms with E-state index in [0.29, 0.717) is 11.4 Å². The van der Waals surface area contributed by atoms with Crippen molar-refractivity contribution in [2.75, 3.05) is 0 Å². The van der Waals surface area contributed by atoms with Gasteiger partial charge < -0.3 is 15.0 Å². The second kappa shape index (κ2) is 7.24. The number of nitro benzene ring substituents is 1. The first-order chi connectivity index (χ1) is 12.9. The van der Waals surface area contributed by atoms with E-state index in [4.69, 9.17) is 0 Å². The molecule has 1 amide bonds. The van der Waals surface area contributed by atoms with Crippen LogP contribution >= 0.6 is 0 Å². The van der Waals surface area contributed by atoms with E-state index in [2.05, 4.69) is 10.3 Å². The van der Waals surface area contributed by atoms with Crippen LogP contribution in [0.2, 0.25) is 0 Å². The number of phenolic OH excluding ortho intramolecular Hbond substituents is 1. The average Bonchev–Trinajstić information content (AvgIpc) is 3.05. The molecule has 0 aliphatic rings. The van der Waals surface area contributed by atoms with Crippen LogP contribution in [0.5, 0.6) is 5.75 Å². The Morgan fingerprint density at radius 2 is 2.00 bits per heavy atom. The Morgan fingerprint density at radius 3 is 2.56 bits per heavy atom. The van der Waals surface area contributed by atoms with Gasteiger partial charge in [-0.3, -0.25) is 14.9 Å². The van der Waals surface area contributed by atoms with E-state index in [1.807, 2.05) is 0 Å². The molecule has 0 saturated carbocycles. The van der Waals surface area contributed by atoms with Crippen LogP contribution in [0.25, 0.3) is 0 Å². The molecule has 0 radical (unpaired) electrons. The number of aromatic hydroxyl groups is 1.